The number of thioether (sulfide) groups is 1. The van der Waals surface area contributed by atoms with Crippen LogP contribution in [0.5, 0.6) is 0 Å². The summed E-state index contributed by atoms with van der Waals surface area (Å²) in [5, 5.41) is 0. The fraction of sp³-hybridized carbons (Fsp3) is 0.588. The Labute approximate surface area is 160 Å². The Morgan fingerprint density at radius 3 is 2.48 bits per heavy atom. The standard InChI is InChI=1S/C17H26N4S.HI/c18-17(21-10-12-22-13-11-21)19-14-15-6-2-3-7-16(15)20-8-4-1-5-9-20;/h2-3,6-7H,1,4-5,8-14H2,(H2,18,19);1H. The van der Waals surface area contributed by atoms with Crippen LogP contribution in [0.4, 0.5) is 5.69 Å². The number of aliphatic imine (C=N–C) groups is 1. The lowest BCUT2D eigenvalue weighted by Crippen LogP contribution is -2.42. The Morgan fingerprint density at radius 1 is 1.04 bits per heavy atom. The number of anilines is 1. The first-order valence-corrected chi connectivity index (χ1v) is 9.45. The van der Waals surface area contributed by atoms with Gasteiger partial charge in [0.2, 0.25) is 0 Å². The Hall–Kier alpha value is -0.630. The Kier molecular flexibility index (Phi) is 7.82. The maximum Gasteiger partial charge on any atom is 0.191 e. The quantitative estimate of drug-likeness (QED) is 0.440. The maximum absolute atomic E-state index is 6.18. The predicted octanol–water partition coefficient (Wildman–Crippen LogP) is 3.16. The molecule has 3 rings (SSSR count). The average molecular weight is 446 g/mol. The van der Waals surface area contributed by atoms with E-state index in [1.807, 2.05) is 11.8 Å². The summed E-state index contributed by atoms with van der Waals surface area (Å²) in [5.74, 6) is 3.01. The molecule has 2 fully saturated rings. The molecule has 0 spiro atoms. The maximum atomic E-state index is 6.18. The van der Waals surface area contributed by atoms with Gasteiger partial charge in [-0.2, -0.15) is 11.8 Å². The molecule has 2 saturated heterocycles. The third-order valence-corrected chi connectivity index (χ3v) is 5.38. The average Bonchev–Trinajstić information content (AvgIpc) is 2.61. The minimum atomic E-state index is 0. The molecule has 2 aliphatic rings. The predicted molar refractivity (Wildman–Crippen MR) is 112 cm³/mol. The summed E-state index contributed by atoms with van der Waals surface area (Å²) >= 11 is 1.99. The molecule has 128 valence electrons. The first kappa shape index (κ1) is 18.7. The van der Waals surface area contributed by atoms with Gasteiger partial charge in [-0.1, -0.05) is 18.2 Å². The summed E-state index contributed by atoms with van der Waals surface area (Å²) < 4.78 is 0. The van der Waals surface area contributed by atoms with Gasteiger partial charge in [0.15, 0.2) is 5.96 Å². The smallest absolute Gasteiger partial charge is 0.191 e. The third kappa shape index (κ3) is 5.17. The number of nitrogens with two attached hydrogens (primary N) is 1. The molecule has 0 bridgehead atoms. The van der Waals surface area contributed by atoms with Crippen molar-refractivity contribution in [1.29, 1.82) is 0 Å². The van der Waals surface area contributed by atoms with Gasteiger partial charge in [0.05, 0.1) is 6.54 Å². The van der Waals surface area contributed by atoms with Crippen LogP contribution >= 0.6 is 35.7 Å². The van der Waals surface area contributed by atoms with Crippen LogP contribution in [-0.4, -0.2) is 48.5 Å². The zero-order valence-electron chi connectivity index (χ0n) is 13.6. The lowest BCUT2D eigenvalue weighted by molar-refractivity contribution is 0.455. The van der Waals surface area contributed by atoms with Crippen molar-refractivity contribution in [3.8, 4) is 0 Å². The van der Waals surface area contributed by atoms with Gasteiger partial charge in [-0.05, 0) is 30.9 Å². The zero-order valence-corrected chi connectivity index (χ0v) is 16.8. The van der Waals surface area contributed by atoms with E-state index in [0.29, 0.717) is 12.5 Å². The van der Waals surface area contributed by atoms with E-state index in [-0.39, 0.29) is 24.0 Å². The number of hydrogen-bond acceptors (Lipinski definition) is 3. The van der Waals surface area contributed by atoms with Crippen molar-refractivity contribution in [2.24, 2.45) is 10.7 Å². The Bertz CT molecular complexity index is 511. The molecular formula is C17H27IN4S. The molecule has 23 heavy (non-hydrogen) atoms. The van der Waals surface area contributed by atoms with Crippen molar-refractivity contribution in [2.75, 3.05) is 42.6 Å². The van der Waals surface area contributed by atoms with Gasteiger partial charge in [0.25, 0.3) is 0 Å². The molecule has 0 aliphatic carbocycles. The number of guanidine groups is 1. The molecule has 1 aromatic rings. The van der Waals surface area contributed by atoms with E-state index < -0.39 is 0 Å². The van der Waals surface area contributed by atoms with E-state index in [1.54, 1.807) is 0 Å². The van der Waals surface area contributed by atoms with Gasteiger partial charge in [-0.3, -0.25) is 0 Å². The van der Waals surface area contributed by atoms with E-state index in [9.17, 15) is 0 Å². The molecule has 0 saturated carbocycles. The normalized spacial score (nSPS) is 19.4. The van der Waals surface area contributed by atoms with Crippen LogP contribution < -0.4 is 10.6 Å². The highest BCUT2D eigenvalue weighted by molar-refractivity contribution is 14.0. The van der Waals surface area contributed by atoms with Crippen molar-refractivity contribution in [3.05, 3.63) is 29.8 Å². The van der Waals surface area contributed by atoms with Gasteiger partial charge in [0, 0.05) is 43.4 Å². The summed E-state index contributed by atoms with van der Waals surface area (Å²) in [6, 6.07) is 8.64. The van der Waals surface area contributed by atoms with E-state index in [4.69, 9.17) is 5.73 Å². The fourth-order valence-corrected chi connectivity index (χ4v) is 4.05. The molecule has 0 atom stereocenters. The van der Waals surface area contributed by atoms with Crippen molar-refractivity contribution in [1.82, 2.24) is 4.90 Å². The molecule has 0 aromatic heterocycles. The minimum absolute atomic E-state index is 0. The van der Waals surface area contributed by atoms with E-state index >= 15 is 0 Å². The molecule has 0 unspecified atom stereocenters. The number of nitrogens with zero attached hydrogens (tertiary/aromatic N) is 3. The fourth-order valence-electron chi connectivity index (χ4n) is 3.15. The SMILES string of the molecule is I.NC(=NCc1ccccc1N1CCCCC1)N1CCSCC1. The second-order valence-corrected chi connectivity index (χ2v) is 7.18. The van der Waals surface area contributed by atoms with Gasteiger partial charge in [-0.25, -0.2) is 4.99 Å². The molecule has 2 heterocycles. The van der Waals surface area contributed by atoms with Crippen LogP contribution in [0.15, 0.2) is 29.3 Å². The number of para-hydroxylation sites is 1. The highest BCUT2D eigenvalue weighted by Gasteiger charge is 2.15. The summed E-state index contributed by atoms with van der Waals surface area (Å²) in [4.78, 5) is 9.37. The van der Waals surface area contributed by atoms with Crippen LogP contribution in [0, 0.1) is 0 Å². The highest BCUT2D eigenvalue weighted by Crippen LogP contribution is 2.24. The number of benzene rings is 1. The molecular weight excluding hydrogens is 419 g/mol. The lowest BCUT2D eigenvalue weighted by Gasteiger charge is -2.30. The summed E-state index contributed by atoms with van der Waals surface area (Å²) in [5.41, 5.74) is 8.81. The van der Waals surface area contributed by atoms with Gasteiger partial charge >= 0.3 is 0 Å². The first-order valence-electron chi connectivity index (χ1n) is 8.30. The first-order chi connectivity index (χ1) is 10.8. The van der Waals surface area contributed by atoms with Crippen LogP contribution in [0.1, 0.15) is 24.8 Å². The molecule has 6 heteroatoms. The molecule has 0 radical (unpaired) electrons. The summed E-state index contributed by atoms with van der Waals surface area (Å²) in [7, 11) is 0. The second kappa shape index (κ2) is 9.61. The summed E-state index contributed by atoms with van der Waals surface area (Å²) in [6.45, 7) is 5.06. The minimum Gasteiger partial charge on any atom is -0.371 e. The molecule has 4 nitrogen and oxygen atoms in total. The monoisotopic (exact) mass is 446 g/mol. The second-order valence-electron chi connectivity index (χ2n) is 5.95. The van der Waals surface area contributed by atoms with Crippen molar-refractivity contribution < 1.29 is 0 Å². The van der Waals surface area contributed by atoms with Gasteiger partial charge in [0.1, 0.15) is 0 Å². The van der Waals surface area contributed by atoms with Crippen molar-refractivity contribution >= 4 is 47.4 Å². The van der Waals surface area contributed by atoms with Gasteiger partial charge in [-0.15, -0.1) is 24.0 Å². The number of piperidine rings is 1. The van der Waals surface area contributed by atoms with Crippen molar-refractivity contribution in [3.63, 3.8) is 0 Å². The third-order valence-electron chi connectivity index (χ3n) is 4.43. The van der Waals surface area contributed by atoms with Gasteiger partial charge < -0.3 is 15.5 Å². The van der Waals surface area contributed by atoms with Crippen LogP contribution in [-0.2, 0) is 6.54 Å². The van der Waals surface area contributed by atoms with Crippen LogP contribution in [0.25, 0.3) is 0 Å². The Balaban J connectivity index is 0.00000192. The topological polar surface area (TPSA) is 44.9 Å². The number of rotatable bonds is 3. The molecule has 1 aromatic carbocycles. The number of halogens is 1. The largest absolute Gasteiger partial charge is 0.371 e. The van der Waals surface area contributed by atoms with E-state index in [2.05, 4.69) is 39.1 Å². The van der Waals surface area contributed by atoms with Crippen LogP contribution in [0.3, 0.4) is 0 Å². The molecule has 2 aliphatic heterocycles. The van der Waals surface area contributed by atoms with E-state index in [0.717, 1.165) is 24.6 Å². The highest BCUT2D eigenvalue weighted by atomic mass is 127. The molecule has 2 N–H and O–H groups in total. The Morgan fingerprint density at radius 2 is 1.74 bits per heavy atom. The molecule has 0 amide bonds. The number of hydrogen-bond donors (Lipinski definition) is 1. The van der Waals surface area contributed by atoms with E-state index in [1.165, 1.54) is 43.6 Å². The van der Waals surface area contributed by atoms with Crippen molar-refractivity contribution in [2.45, 2.75) is 25.8 Å². The summed E-state index contributed by atoms with van der Waals surface area (Å²) in [6.07, 6.45) is 3.95. The lowest BCUT2D eigenvalue weighted by atomic mass is 10.1. The zero-order chi connectivity index (χ0) is 15.2. The van der Waals surface area contributed by atoms with Crippen LogP contribution in [0.2, 0.25) is 0 Å².